The van der Waals surface area contributed by atoms with Crippen molar-refractivity contribution in [3.8, 4) is 5.75 Å². The molecule has 4 nitrogen and oxygen atoms in total. The van der Waals surface area contributed by atoms with Crippen LogP contribution in [0.4, 0.5) is 13.2 Å². The Labute approximate surface area is 133 Å². The summed E-state index contributed by atoms with van der Waals surface area (Å²) in [5, 5.41) is 10.2. The van der Waals surface area contributed by atoms with Gasteiger partial charge >= 0.3 is 12.1 Å². The molecule has 1 aliphatic rings. The number of ketones is 1. The van der Waals surface area contributed by atoms with E-state index in [1.807, 2.05) is 0 Å². The average molecular weight is 380 g/mol. The van der Waals surface area contributed by atoms with Gasteiger partial charge < -0.3 is 10.0 Å². The molecule has 0 aromatic heterocycles. The van der Waals surface area contributed by atoms with Crippen LogP contribution >= 0.6 is 15.9 Å². The third-order valence-electron chi connectivity index (χ3n) is 3.64. The van der Waals surface area contributed by atoms with E-state index in [2.05, 4.69) is 15.9 Å². The third kappa shape index (κ3) is 3.11. The van der Waals surface area contributed by atoms with Crippen LogP contribution in [0.3, 0.4) is 0 Å². The maximum absolute atomic E-state index is 12.5. The van der Waals surface area contributed by atoms with Crippen molar-refractivity contribution in [1.29, 1.82) is 0 Å². The molecule has 0 unspecified atom stereocenters. The lowest BCUT2D eigenvalue weighted by Gasteiger charge is -2.21. The fraction of sp³-hybridized carbons (Fsp3) is 0.429. The van der Waals surface area contributed by atoms with Gasteiger partial charge in [-0.25, -0.2) is 0 Å². The normalized spacial score (nSPS) is 15.2. The number of phenolic OH excluding ortho intramolecular Hbond substituents is 1. The van der Waals surface area contributed by atoms with Crippen molar-refractivity contribution in [3.05, 3.63) is 27.2 Å². The fourth-order valence-electron chi connectivity index (χ4n) is 2.53. The van der Waals surface area contributed by atoms with Crippen molar-refractivity contribution in [2.45, 2.75) is 25.9 Å². The second-order valence-corrected chi connectivity index (χ2v) is 5.91. The van der Waals surface area contributed by atoms with Gasteiger partial charge in [-0.05, 0) is 31.4 Å². The van der Waals surface area contributed by atoms with Crippen molar-refractivity contribution in [2.24, 2.45) is 0 Å². The Kier molecular flexibility index (Phi) is 4.51. The smallest absolute Gasteiger partial charge is 0.471 e. The number of aromatic hydroxyl groups is 1. The summed E-state index contributed by atoms with van der Waals surface area (Å²) in [4.78, 5) is 23.6. The molecular weight excluding hydrogens is 367 g/mol. The van der Waals surface area contributed by atoms with Crippen molar-refractivity contribution in [3.63, 3.8) is 0 Å². The first-order valence-corrected chi connectivity index (χ1v) is 7.32. The summed E-state index contributed by atoms with van der Waals surface area (Å²) >= 11 is 3.28. The molecule has 0 fully saturated rings. The van der Waals surface area contributed by atoms with Crippen molar-refractivity contribution < 1.29 is 27.9 Å². The molecule has 0 radical (unpaired) electrons. The molecule has 8 heteroatoms. The standard InChI is InChI=1S/C14H13BrF3NO3/c1-7(20)10-6-11(15)8-2-4-19(13(22)14(16,17)18)5-3-9(8)12(10)21/h6,21H,2-5H2,1H3. The number of rotatable bonds is 1. The van der Waals surface area contributed by atoms with E-state index in [-0.39, 0.29) is 43.0 Å². The van der Waals surface area contributed by atoms with Crippen LogP contribution in [-0.2, 0) is 17.6 Å². The van der Waals surface area contributed by atoms with Crippen LogP contribution in [0, 0.1) is 0 Å². The lowest BCUT2D eigenvalue weighted by Crippen LogP contribution is -2.42. The average Bonchev–Trinajstić information content (AvgIpc) is 2.63. The van der Waals surface area contributed by atoms with E-state index in [0.29, 0.717) is 15.6 Å². The number of amides is 1. The van der Waals surface area contributed by atoms with Crippen LogP contribution in [0.15, 0.2) is 10.5 Å². The molecule has 22 heavy (non-hydrogen) atoms. The number of nitrogens with zero attached hydrogens (tertiary/aromatic N) is 1. The van der Waals surface area contributed by atoms with E-state index in [4.69, 9.17) is 0 Å². The first-order valence-electron chi connectivity index (χ1n) is 6.53. The topological polar surface area (TPSA) is 57.6 Å². The minimum Gasteiger partial charge on any atom is -0.507 e. The Bertz CT molecular complexity index is 643. The number of alkyl halides is 3. The molecule has 120 valence electrons. The number of hydrogen-bond acceptors (Lipinski definition) is 3. The zero-order valence-electron chi connectivity index (χ0n) is 11.6. The monoisotopic (exact) mass is 379 g/mol. The van der Waals surface area contributed by atoms with E-state index < -0.39 is 12.1 Å². The first kappa shape index (κ1) is 16.8. The highest BCUT2D eigenvalue weighted by atomic mass is 79.9. The Morgan fingerprint density at radius 2 is 1.77 bits per heavy atom. The van der Waals surface area contributed by atoms with Gasteiger partial charge in [0.15, 0.2) is 5.78 Å². The largest absolute Gasteiger partial charge is 0.507 e. The summed E-state index contributed by atoms with van der Waals surface area (Å²) in [7, 11) is 0. The summed E-state index contributed by atoms with van der Waals surface area (Å²) in [6.45, 7) is 1.04. The highest BCUT2D eigenvalue weighted by Crippen LogP contribution is 2.35. The van der Waals surface area contributed by atoms with E-state index in [1.165, 1.54) is 13.0 Å². The first-order chi connectivity index (χ1) is 10.1. The van der Waals surface area contributed by atoms with Gasteiger partial charge in [0.2, 0.25) is 0 Å². The van der Waals surface area contributed by atoms with Gasteiger partial charge in [-0.2, -0.15) is 13.2 Å². The summed E-state index contributed by atoms with van der Waals surface area (Å²) in [6.07, 6.45) is -4.69. The molecule has 1 aromatic rings. The number of halogens is 4. The lowest BCUT2D eigenvalue weighted by atomic mass is 9.97. The molecular formula is C14H13BrF3NO3. The quantitative estimate of drug-likeness (QED) is 0.763. The highest BCUT2D eigenvalue weighted by Gasteiger charge is 2.42. The minimum atomic E-state index is -4.92. The van der Waals surface area contributed by atoms with Crippen LogP contribution in [0.2, 0.25) is 0 Å². The van der Waals surface area contributed by atoms with Gasteiger partial charge in [0.1, 0.15) is 5.75 Å². The Hall–Kier alpha value is -1.57. The fourth-order valence-corrected chi connectivity index (χ4v) is 3.19. The molecule has 0 saturated heterocycles. The van der Waals surface area contributed by atoms with Gasteiger partial charge in [-0.3, -0.25) is 9.59 Å². The molecule has 1 N–H and O–H groups in total. The number of carbonyl (C=O) groups is 2. The zero-order valence-corrected chi connectivity index (χ0v) is 13.2. The second kappa shape index (κ2) is 5.91. The second-order valence-electron chi connectivity index (χ2n) is 5.06. The summed E-state index contributed by atoms with van der Waals surface area (Å²) in [6, 6.07) is 1.46. The predicted octanol–water partition coefficient (Wildman–Crippen LogP) is 2.85. The molecule has 0 aliphatic carbocycles. The SMILES string of the molecule is CC(=O)c1cc(Br)c2c(c1O)CCN(C(=O)C(F)(F)F)CC2. The third-order valence-corrected chi connectivity index (χ3v) is 4.34. The molecule has 1 amide bonds. The van der Waals surface area contributed by atoms with E-state index in [9.17, 15) is 27.9 Å². The molecule has 0 bridgehead atoms. The zero-order chi connectivity index (χ0) is 16.7. The summed E-state index contributed by atoms with van der Waals surface area (Å²) < 4.78 is 38.1. The molecule has 1 aromatic carbocycles. The minimum absolute atomic E-state index is 0.0582. The lowest BCUT2D eigenvalue weighted by molar-refractivity contribution is -0.185. The van der Waals surface area contributed by atoms with Gasteiger partial charge in [-0.1, -0.05) is 15.9 Å². The number of fused-ring (bicyclic) bond motifs is 1. The van der Waals surface area contributed by atoms with Crippen LogP contribution in [-0.4, -0.2) is 41.0 Å². The number of phenols is 1. The molecule has 0 saturated carbocycles. The van der Waals surface area contributed by atoms with E-state index in [1.54, 1.807) is 0 Å². The predicted molar refractivity (Wildman–Crippen MR) is 75.9 cm³/mol. The van der Waals surface area contributed by atoms with Gasteiger partial charge in [0.05, 0.1) is 5.56 Å². The van der Waals surface area contributed by atoms with Gasteiger partial charge in [0, 0.05) is 23.1 Å². The van der Waals surface area contributed by atoms with Crippen LogP contribution in [0.25, 0.3) is 0 Å². The van der Waals surface area contributed by atoms with E-state index in [0.717, 1.165) is 4.90 Å². The van der Waals surface area contributed by atoms with E-state index >= 15 is 0 Å². The number of Topliss-reactive ketones (excluding diaryl/α,β-unsaturated/α-hetero) is 1. The van der Waals surface area contributed by atoms with Crippen molar-refractivity contribution in [2.75, 3.05) is 13.1 Å². The molecule has 1 heterocycles. The molecule has 0 spiro atoms. The summed E-state index contributed by atoms with van der Waals surface area (Å²) in [5.41, 5.74) is 1.15. The van der Waals surface area contributed by atoms with Crippen LogP contribution in [0.5, 0.6) is 5.75 Å². The van der Waals surface area contributed by atoms with Crippen LogP contribution in [0.1, 0.15) is 28.4 Å². The van der Waals surface area contributed by atoms with Crippen molar-refractivity contribution >= 4 is 27.6 Å². The maximum Gasteiger partial charge on any atom is 0.471 e. The Morgan fingerprint density at radius 1 is 1.23 bits per heavy atom. The highest BCUT2D eigenvalue weighted by molar-refractivity contribution is 9.10. The molecule has 2 rings (SSSR count). The number of benzene rings is 1. The molecule has 1 aliphatic heterocycles. The van der Waals surface area contributed by atoms with Gasteiger partial charge in [-0.15, -0.1) is 0 Å². The summed E-state index contributed by atoms with van der Waals surface area (Å²) in [5.74, 6) is -2.44. The molecule has 0 atom stereocenters. The Morgan fingerprint density at radius 3 is 2.27 bits per heavy atom. The Balaban J connectivity index is 2.37. The van der Waals surface area contributed by atoms with Gasteiger partial charge in [0.25, 0.3) is 0 Å². The maximum atomic E-state index is 12.5. The van der Waals surface area contributed by atoms with Crippen LogP contribution < -0.4 is 0 Å². The number of carbonyl (C=O) groups excluding carboxylic acids is 2. The number of hydrogen-bond donors (Lipinski definition) is 1. The van der Waals surface area contributed by atoms with Crippen molar-refractivity contribution in [1.82, 2.24) is 4.90 Å².